The van der Waals surface area contributed by atoms with Crippen molar-refractivity contribution in [1.29, 1.82) is 0 Å². The second kappa shape index (κ2) is 10.2. The average Bonchev–Trinajstić information content (AvgIpc) is 2.81. The fourth-order valence-corrected chi connectivity index (χ4v) is 3.14. The van der Waals surface area contributed by atoms with Crippen LogP contribution in [-0.4, -0.2) is 44.2 Å². The van der Waals surface area contributed by atoms with Crippen molar-refractivity contribution in [2.45, 2.75) is 13.1 Å². The molecule has 0 atom stereocenters. The number of benzene rings is 3. The zero-order valence-electron chi connectivity index (χ0n) is 17.6. The highest BCUT2D eigenvalue weighted by Crippen LogP contribution is 2.18. The van der Waals surface area contributed by atoms with E-state index in [2.05, 4.69) is 10.6 Å². The second-order valence-electron chi connectivity index (χ2n) is 7.25. The lowest BCUT2D eigenvalue weighted by Gasteiger charge is -2.10. The van der Waals surface area contributed by atoms with Crippen molar-refractivity contribution in [3.05, 3.63) is 94.0 Å². The van der Waals surface area contributed by atoms with E-state index < -0.39 is 23.8 Å². The van der Waals surface area contributed by atoms with Crippen LogP contribution < -0.4 is 10.6 Å². The number of rotatable bonds is 8. The molecule has 0 spiro atoms. The van der Waals surface area contributed by atoms with Crippen molar-refractivity contribution in [3.63, 3.8) is 0 Å². The van der Waals surface area contributed by atoms with Gasteiger partial charge in [0.05, 0.1) is 22.3 Å². The molecule has 6 N–H and O–H groups in total. The third-order valence-electron chi connectivity index (χ3n) is 4.89. The normalized spacial score (nSPS) is 10.4. The Hall–Kier alpha value is -4.86. The molecule has 2 amide bonds. The van der Waals surface area contributed by atoms with Crippen molar-refractivity contribution in [2.75, 3.05) is 0 Å². The molecule has 0 unspecified atom stereocenters. The monoisotopic (exact) mass is 464 g/mol. The van der Waals surface area contributed by atoms with Gasteiger partial charge in [0.25, 0.3) is 11.8 Å². The third-order valence-corrected chi connectivity index (χ3v) is 4.89. The van der Waals surface area contributed by atoms with Crippen molar-refractivity contribution >= 4 is 23.8 Å². The van der Waals surface area contributed by atoms with Gasteiger partial charge in [0.1, 0.15) is 11.5 Å². The first-order chi connectivity index (χ1) is 16.2. The minimum Gasteiger partial charge on any atom is -0.508 e. The molecule has 0 aliphatic carbocycles. The molecule has 174 valence electrons. The molecule has 0 aliphatic rings. The summed E-state index contributed by atoms with van der Waals surface area (Å²) < 4.78 is 0. The SMILES string of the molecule is O=C(O)c1ccc(O)cc1C(=O)NCc1ccc(CNC(=O)c2cc(O)ccc2C(=O)O)cc1. The molecule has 3 aromatic rings. The maximum absolute atomic E-state index is 12.4. The van der Waals surface area contributed by atoms with E-state index in [-0.39, 0.29) is 46.8 Å². The van der Waals surface area contributed by atoms with E-state index in [1.54, 1.807) is 24.3 Å². The number of carbonyl (C=O) groups is 4. The van der Waals surface area contributed by atoms with Gasteiger partial charge in [0, 0.05) is 13.1 Å². The van der Waals surface area contributed by atoms with Gasteiger partial charge in [-0.15, -0.1) is 0 Å². The molecule has 0 saturated heterocycles. The number of carboxylic acid groups (broad SMARTS) is 2. The van der Waals surface area contributed by atoms with E-state index in [0.29, 0.717) is 11.1 Å². The summed E-state index contributed by atoms with van der Waals surface area (Å²) in [5, 5.41) is 42.7. The van der Waals surface area contributed by atoms with Crippen molar-refractivity contribution in [1.82, 2.24) is 10.6 Å². The van der Waals surface area contributed by atoms with E-state index in [0.717, 1.165) is 24.3 Å². The van der Waals surface area contributed by atoms with Crippen LogP contribution >= 0.6 is 0 Å². The molecular formula is C24H20N2O8. The van der Waals surface area contributed by atoms with Crippen LogP contribution in [0.3, 0.4) is 0 Å². The molecule has 0 aromatic heterocycles. The number of phenols is 2. The predicted octanol–water partition coefficient (Wildman–Crippen LogP) is 2.35. The zero-order chi connectivity index (χ0) is 24.8. The summed E-state index contributed by atoms with van der Waals surface area (Å²) in [5.74, 6) is -4.38. The molecule has 0 aliphatic heterocycles. The average molecular weight is 464 g/mol. The number of aromatic carboxylic acids is 2. The van der Waals surface area contributed by atoms with Crippen molar-refractivity contribution in [2.24, 2.45) is 0 Å². The van der Waals surface area contributed by atoms with Gasteiger partial charge < -0.3 is 31.1 Å². The summed E-state index contributed by atoms with van der Waals surface area (Å²) >= 11 is 0. The van der Waals surface area contributed by atoms with E-state index >= 15 is 0 Å². The molecule has 34 heavy (non-hydrogen) atoms. The number of carbonyl (C=O) groups excluding carboxylic acids is 2. The van der Waals surface area contributed by atoms with E-state index in [1.165, 1.54) is 12.1 Å². The molecular weight excluding hydrogens is 444 g/mol. The van der Waals surface area contributed by atoms with Crippen LogP contribution in [0.25, 0.3) is 0 Å². The van der Waals surface area contributed by atoms with Crippen LogP contribution in [0.1, 0.15) is 52.6 Å². The molecule has 0 heterocycles. The van der Waals surface area contributed by atoms with E-state index in [1.807, 2.05) is 0 Å². The Bertz CT molecular complexity index is 1170. The van der Waals surface area contributed by atoms with Gasteiger partial charge in [0.15, 0.2) is 0 Å². The number of carboxylic acids is 2. The lowest BCUT2D eigenvalue weighted by atomic mass is 10.1. The highest BCUT2D eigenvalue weighted by molar-refractivity contribution is 6.05. The molecule has 10 heteroatoms. The fraction of sp³-hybridized carbons (Fsp3) is 0.0833. The van der Waals surface area contributed by atoms with Crippen LogP contribution in [0.4, 0.5) is 0 Å². The first kappa shape index (κ1) is 23.8. The first-order valence-electron chi connectivity index (χ1n) is 9.92. The van der Waals surface area contributed by atoms with Crippen LogP contribution in [-0.2, 0) is 13.1 Å². The zero-order valence-corrected chi connectivity index (χ0v) is 17.6. The lowest BCUT2D eigenvalue weighted by molar-refractivity contribution is 0.0682. The van der Waals surface area contributed by atoms with Gasteiger partial charge in [-0.2, -0.15) is 0 Å². The molecule has 10 nitrogen and oxygen atoms in total. The summed E-state index contributed by atoms with van der Waals surface area (Å²) in [4.78, 5) is 47.3. The Morgan fingerprint density at radius 2 is 0.912 bits per heavy atom. The highest BCUT2D eigenvalue weighted by Gasteiger charge is 2.18. The second-order valence-corrected chi connectivity index (χ2v) is 7.25. The summed E-state index contributed by atoms with van der Waals surface area (Å²) in [6.07, 6.45) is 0. The summed E-state index contributed by atoms with van der Waals surface area (Å²) in [7, 11) is 0. The van der Waals surface area contributed by atoms with Gasteiger partial charge >= 0.3 is 11.9 Å². The van der Waals surface area contributed by atoms with E-state index in [9.17, 15) is 39.6 Å². The quantitative estimate of drug-likeness (QED) is 0.295. The number of hydrogen-bond donors (Lipinski definition) is 6. The number of aromatic hydroxyl groups is 2. The maximum atomic E-state index is 12.4. The van der Waals surface area contributed by atoms with Gasteiger partial charge in [0.2, 0.25) is 0 Å². The number of hydrogen-bond acceptors (Lipinski definition) is 6. The predicted molar refractivity (Wildman–Crippen MR) is 119 cm³/mol. The standard InChI is InChI=1S/C24H20N2O8/c27-15-5-7-17(23(31)32)19(9-15)21(29)25-11-13-1-2-14(4-3-13)12-26-22(30)20-10-16(28)6-8-18(20)24(33)34/h1-10,27-28H,11-12H2,(H,25,29)(H,26,30)(H,31,32)(H,33,34). The number of amides is 2. The van der Waals surface area contributed by atoms with Crippen LogP contribution in [0.15, 0.2) is 60.7 Å². The Kier molecular flexibility index (Phi) is 7.12. The molecule has 3 aromatic carbocycles. The maximum Gasteiger partial charge on any atom is 0.336 e. The van der Waals surface area contributed by atoms with Crippen molar-refractivity contribution < 1.29 is 39.6 Å². The van der Waals surface area contributed by atoms with Gasteiger partial charge in [-0.1, -0.05) is 24.3 Å². The molecule has 0 bridgehead atoms. The summed E-state index contributed by atoms with van der Waals surface area (Å²) in [6, 6.07) is 13.6. The van der Waals surface area contributed by atoms with Gasteiger partial charge in [-0.3, -0.25) is 9.59 Å². The summed E-state index contributed by atoms with van der Waals surface area (Å²) in [6.45, 7) is 0.177. The lowest BCUT2D eigenvalue weighted by Crippen LogP contribution is -2.25. The van der Waals surface area contributed by atoms with Crippen LogP contribution in [0.5, 0.6) is 11.5 Å². The topological polar surface area (TPSA) is 173 Å². The minimum absolute atomic E-state index is 0.0887. The molecule has 0 saturated carbocycles. The molecule has 0 fully saturated rings. The van der Waals surface area contributed by atoms with Crippen LogP contribution in [0, 0.1) is 0 Å². The Morgan fingerprint density at radius 3 is 1.24 bits per heavy atom. The number of nitrogens with one attached hydrogen (secondary N) is 2. The highest BCUT2D eigenvalue weighted by atomic mass is 16.4. The van der Waals surface area contributed by atoms with Gasteiger partial charge in [-0.05, 0) is 47.5 Å². The first-order valence-corrected chi connectivity index (χ1v) is 9.92. The number of phenolic OH excluding ortho intramolecular Hbond substituents is 2. The largest absolute Gasteiger partial charge is 0.508 e. The van der Waals surface area contributed by atoms with Crippen molar-refractivity contribution in [3.8, 4) is 11.5 Å². The van der Waals surface area contributed by atoms with Crippen LogP contribution in [0.2, 0.25) is 0 Å². The fourth-order valence-electron chi connectivity index (χ4n) is 3.14. The van der Waals surface area contributed by atoms with Gasteiger partial charge in [-0.25, -0.2) is 9.59 Å². The Balaban J connectivity index is 1.60. The smallest absolute Gasteiger partial charge is 0.336 e. The Labute approximate surface area is 193 Å². The van der Waals surface area contributed by atoms with E-state index in [4.69, 9.17) is 0 Å². The third kappa shape index (κ3) is 5.68. The molecule has 3 rings (SSSR count). The Morgan fingerprint density at radius 1 is 0.559 bits per heavy atom. The molecule has 0 radical (unpaired) electrons. The minimum atomic E-state index is -1.29. The summed E-state index contributed by atoms with van der Waals surface area (Å²) in [5.41, 5.74) is 0.584.